The number of hydrogen-bond acceptors (Lipinski definition) is 1. The quantitative estimate of drug-likeness (QED) is 0.280. The maximum atomic E-state index is 9.74. The van der Waals surface area contributed by atoms with E-state index in [4.69, 9.17) is 11.6 Å². The minimum absolute atomic E-state index is 0.0912. The Morgan fingerprint density at radius 2 is 2.40 bits per heavy atom. The van der Waals surface area contributed by atoms with Gasteiger partial charge in [-0.1, -0.05) is 19.1 Å². The van der Waals surface area contributed by atoms with Gasteiger partial charge in [0.25, 0.3) is 0 Å². The van der Waals surface area contributed by atoms with Crippen LogP contribution in [-0.4, -0.2) is 18.3 Å². The largest absolute Gasteiger partial charge is 0.355 e. The lowest BCUT2D eigenvalue weighted by Crippen LogP contribution is -2.09. The van der Waals surface area contributed by atoms with Crippen LogP contribution in [0.5, 0.6) is 0 Å². The predicted molar refractivity (Wildman–Crippen MR) is 43.1 cm³/mol. The highest BCUT2D eigenvalue weighted by molar-refractivity contribution is 6.21. The molecule has 1 N–H and O–H groups in total. The summed E-state index contributed by atoms with van der Waals surface area (Å²) in [5.74, 6) is 0. The Morgan fingerprint density at radius 1 is 1.70 bits per heavy atom. The van der Waals surface area contributed by atoms with Crippen molar-refractivity contribution in [2.45, 2.75) is 18.7 Å². The van der Waals surface area contributed by atoms with Crippen molar-refractivity contribution < 1.29 is 4.79 Å². The molecule has 0 rings (SSSR count). The Balaban J connectivity index is 3.26. The number of amides is 1. The molecule has 0 spiro atoms. The summed E-state index contributed by atoms with van der Waals surface area (Å²) >= 11 is 5.74. The number of carbonyl (C=O) groups excluding carboxylic acids is 1. The molecule has 0 aliphatic heterocycles. The summed E-state index contributed by atoms with van der Waals surface area (Å²) in [4.78, 5) is 9.74. The molecule has 0 bridgehead atoms. The zero-order chi connectivity index (χ0) is 7.82. The number of halogens is 1. The fraction of sp³-hybridized carbons (Fsp3) is 0.571. The summed E-state index contributed by atoms with van der Waals surface area (Å²) < 4.78 is 0. The van der Waals surface area contributed by atoms with Crippen LogP contribution in [0.2, 0.25) is 0 Å². The van der Waals surface area contributed by atoms with Gasteiger partial charge in [-0.3, -0.25) is 4.79 Å². The van der Waals surface area contributed by atoms with Crippen LogP contribution in [0.4, 0.5) is 0 Å². The monoisotopic (exact) mass is 161 g/mol. The average molecular weight is 162 g/mol. The third kappa shape index (κ3) is 5.63. The van der Waals surface area contributed by atoms with Gasteiger partial charge in [0.2, 0.25) is 6.41 Å². The van der Waals surface area contributed by atoms with E-state index in [9.17, 15) is 4.79 Å². The summed E-state index contributed by atoms with van der Waals surface area (Å²) in [6.45, 7) is 2.57. The molecular formula is C7H12ClNO. The second kappa shape index (κ2) is 6.62. The van der Waals surface area contributed by atoms with Crippen LogP contribution in [0.3, 0.4) is 0 Å². The van der Waals surface area contributed by atoms with E-state index in [2.05, 4.69) is 5.32 Å². The molecule has 2 nitrogen and oxygen atoms in total. The van der Waals surface area contributed by atoms with Crippen LogP contribution >= 0.6 is 11.6 Å². The molecule has 0 aromatic heterocycles. The van der Waals surface area contributed by atoms with E-state index < -0.39 is 0 Å². The molecule has 0 aromatic rings. The van der Waals surface area contributed by atoms with Crippen LogP contribution in [0.1, 0.15) is 13.3 Å². The molecule has 0 radical (unpaired) electrons. The number of hydrogen-bond donors (Lipinski definition) is 1. The van der Waals surface area contributed by atoms with Crippen molar-refractivity contribution in [1.82, 2.24) is 5.32 Å². The van der Waals surface area contributed by atoms with Crippen molar-refractivity contribution in [3.8, 4) is 0 Å². The topological polar surface area (TPSA) is 29.1 Å². The summed E-state index contributed by atoms with van der Waals surface area (Å²) in [5, 5.41) is 2.59. The van der Waals surface area contributed by atoms with Crippen LogP contribution in [-0.2, 0) is 4.79 Å². The lowest BCUT2D eigenvalue weighted by Gasteiger charge is -1.95. The highest BCUT2D eigenvalue weighted by atomic mass is 35.5. The molecule has 0 saturated carbocycles. The third-order valence-electron chi connectivity index (χ3n) is 1.05. The first-order valence-electron chi connectivity index (χ1n) is 3.29. The van der Waals surface area contributed by atoms with Gasteiger partial charge in [-0.2, -0.15) is 0 Å². The normalized spacial score (nSPS) is 13.4. The zero-order valence-corrected chi connectivity index (χ0v) is 6.77. The van der Waals surface area contributed by atoms with Gasteiger partial charge in [0.15, 0.2) is 0 Å². The first-order valence-corrected chi connectivity index (χ1v) is 3.72. The van der Waals surface area contributed by atoms with E-state index >= 15 is 0 Å². The van der Waals surface area contributed by atoms with E-state index in [-0.39, 0.29) is 5.38 Å². The van der Waals surface area contributed by atoms with Crippen molar-refractivity contribution in [1.29, 1.82) is 0 Å². The molecule has 1 amide bonds. The van der Waals surface area contributed by atoms with E-state index in [0.717, 1.165) is 6.42 Å². The zero-order valence-electron chi connectivity index (χ0n) is 6.01. The second-order valence-electron chi connectivity index (χ2n) is 1.88. The van der Waals surface area contributed by atoms with E-state index in [0.29, 0.717) is 13.0 Å². The number of nitrogens with one attached hydrogen (secondary N) is 1. The Labute approximate surface area is 66.3 Å². The lowest BCUT2D eigenvalue weighted by molar-refractivity contribution is -0.109. The molecule has 0 saturated heterocycles. The molecule has 0 aliphatic rings. The van der Waals surface area contributed by atoms with Gasteiger partial charge >= 0.3 is 0 Å². The Morgan fingerprint density at radius 3 is 2.90 bits per heavy atom. The first-order chi connectivity index (χ1) is 4.81. The van der Waals surface area contributed by atoms with Crippen molar-refractivity contribution in [3.63, 3.8) is 0 Å². The second-order valence-corrected chi connectivity index (χ2v) is 2.44. The smallest absolute Gasteiger partial charge is 0.207 e. The molecule has 58 valence electrons. The fourth-order valence-electron chi connectivity index (χ4n) is 0.468. The van der Waals surface area contributed by atoms with Gasteiger partial charge in [-0.15, -0.1) is 11.6 Å². The van der Waals surface area contributed by atoms with E-state index in [1.54, 1.807) is 0 Å². The lowest BCUT2D eigenvalue weighted by atomic mass is 10.3. The van der Waals surface area contributed by atoms with Gasteiger partial charge in [0.05, 0.1) is 5.38 Å². The molecule has 0 fully saturated rings. The minimum atomic E-state index is 0.0912. The van der Waals surface area contributed by atoms with Crippen molar-refractivity contribution in [3.05, 3.63) is 12.2 Å². The standard InChI is InChI=1S/C7H12ClNO/c1-2-7(8)4-3-5-9-6-10/h3-4,6-7H,2,5H2,1H3,(H,9,10)/b4-3-. The molecule has 3 heteroatoms. The van der Waals surface area contributed by atoms with Gasteiger partial charge in [0.1, 0.15) is 0 Å². The molecule has 0 aliphatic carbocycles. The molecule has 1 atom stereocenters. The third-order valence-corrected chi connectivity index (χ3v) is 1.51. The van der Waals surface area contributed by atoms with Crippen LogP contribution in [0, 0.1) is 0 Å². The van der Waals surface area contributed by atoms with Gasteiger partial charge < -0.3 is 5.32 Å². The predicted octanol–water partition coefficient (Wildman–Crippen LogP) is 1.31. The Kier molecular flexibility index (Phi) is 6.29. The number of carbonyl (C=O) groups is 1. The maximum absolute atomic E-state index is 9.74. The van der Waals surface area contributed by atoms with Gasteiger partial charge in [-0.25, -0.2) is 0 Å². The van der Waals surface area contributed by atoms with Crippen LogP contribution < -0.4 is 5.32 Å². The number of rotatable bonds is 5. The van der Waals surface area contributed by atoms with E-state index in [1.807, 2.05) is 19.1 Å². The molecular weight excluding hydrogens is 150 g/mol. The van der Waals surface area contributed by atoms with Crippen LogP contribution in [0.25, 0.3) is 0 Å². The highest BCUT2D eigenvalue weighted by Gasteiger charge is 1.90. The SMILES string of the molecule is CCC(Cl)/C=C\CNC=O. The van der Waals surface area contributed by atoms with Crippen LogP contribution in [0.15, 0.2) is 12.2 Å². The van der Waals surface area contributed by atoms with Gasteiger partial charge in [-0.05, 0) is 6.42 Å². The highest BCUT2D eigenvalue weighted by Crippen LogP contribution is 2.01. The first kappa shape index (κ1) is 9.50. The summed E-state index contributed by atoms with van der Waals surface area (Å²) in [6.07, 6.45) is 5.30. The van der Waals surface area contributed by atoms with Crippen molar-refractivity contribution in [2.75, 3.05) is 6.54 Å². The average Bonchev–Trinajstić information content (AvgIpc) is 1.98. The maximum Gasteiger partial charge on any atom is 0.207 e. The molecule has 10 heavy (non-hydrogen) atoms. The summed E-state index contributed by atoms with van der Waals surface area (Å²) in [5.41, 5.74) is 0. The fourth-order valence-corrected chi connectivity index (χ4v) is 0.571. The number of allylic oxidation sites excluding steroid dienone is 1. The van der Waals surface area contributed by atoms with Crippen molar-refractivity contribution >= 4 is 18.0 Å². The molecule has 0 heterocycles. The minimum Gasteiger partial charge on any atom is -0.355 e. The molecule has 0 aromatic carbocycles. The number of alkyl halides is 1. The summed E-state index contributed by atoms with van der Waals surface area (Å²) in [7, 11) is 0. The Bertz CT molecular complexity index is 114. The van der Waals surface area contributed by atoms with E-state index in [1.165, 1.54) is 0 Å². The van der Waals surface area contributed by atoms with Gasteiger partial charge in [0, 0.05) is 6.54 Å². The Hall–Kier alpha value is -0.500. The van der Waals surface area contributed by atoms with Crippen molar-refractivity contribution in [2.24, 2.45) is 0 Å². The molecule has 1 unspecified atom stereocenters. The summed E-state index contributed by atoms with van der Waals surface area (Å²) in [6, 6.07) is 0.